The number of likely N-dealkylation sites (N-methyl/N-ethyl adjacent to an activating group) is 1. The van der Waals surface area contributed by atoms with Crippen molar-refractivity contribution in [3.63, 3.8) is 0 Å². The Kier molecular flexibility index (Phi) is 5.80. The van der Waals surface area contributed by atoms with E-state index in [1.165, 1.54) is 0 Å². The highest BCUT2D eigenvalue weighted by Crippen LogP contribution is 2.28. The van der Waals surface area contributed by atoms with Crippen molar-refractivity contribution in [2.45, 2.75) is 20.3 Å². The molecule has 9 nitrogen and oxygen atoms in total. The first-order valence-corrected chi connectivity index (χ1v) is 10.2. The summed E-state index contributed by atoms with van der Waals surface area (Å²) in [6.45, 7) is 7.25. The zero-order chi connectivity index (χ0) is 21.1. The molecule has 0 aliphatic carbocycles. The van der Waals surface area contributed by atoms with Gasteiger partial charge in [0.25, 0.3) is 11.6 Å². The van der Waals surface area contributed by atoms with E-state index in [-0.39, 0.29) is 11.8 Å². The maximum Gasteiger partial charge on any atom is 0.259 e. The molecule has 4 heterocycles. The highest BCUT2D eigenvalue weighted by atomic mass is 16.5. The third-order valence-electron chi connectivity index (χ3n) is 5.24. The van der Waals surface area contributed by atoms with E-state index in [4.69, 9.17) is 8.94 Å². The standard InChI is InChI=1S/C21H25N5O4/c1-3-22-18(27)13-25-7-5-8-26(10-9-25)21(28)15-12-16(17-6-4-11-29-17)23-20-19(15)14(2)24-30-20/h4,6,11-12H,3,5,7-10,13H2,1-2H3,(H,22,27). The van der Waals surface area contributed by atoms with Gasteiger partial charge in [-0.15, -0.1) is 0 Å². The molecule has 0 radical (unpaired) electrons. The molecule has 158 valence electrons. The Bertz CT molecular complexity index is 1040. The molecule has 9 heteroatoms. The molecule has 1 N–H and O–H groups in total. The van der Waals surface area contributed by atoms with Gasteiger partial charge in [0.1, 0.15) is 5.69 Å². The predicted molar refractivity (Wildman–Crippen MR) is 110 cm³/mol. The lowest BCUT2D eigenvalue weighted by Gasteiger charge is -2.22. The van der Waals surface area contributed by atoms with Crippen LogP contribution in [0.1, 0.15) is 29.4 Å². The monoisotopic (exact) mass is 411 g/mol. The van der Waals surface area contributed by atoms with Crippen molar-refractivity contribution in [2.75, 3.05) is 39.3 Å². The Hall–Kier alpha value is -3.20. The Labute approximate surface area is 174 Å². The van der Waals surface area contributed by atoms with Crippen LogP contribution in [0.4, 0.5) is 0 Å². The highest BCUT2D eigenvalue weighted by Gasteiger charge is 2.26. The summed E-state index contributed by atoms with van der Waals surface area (Å²) in [6.07, 6.45) is 2.36. The first-order valence-electron chi connectivity index (χ1n) is 10.2. The minimum Gasteiger partial charge on any atom is -0.463 e. The van der Waals surface area contributed by atoms with Gasteiger partial charge in [-0.3, -0.25) is 14.5 Å². The number of hydrogen-bond acceptors (Lipinski definition) is 7. The molecule has 0 atom stereocenters. The van der Waals surface area contributed by atoms with Crippen LogP contribution in [-0.2, 0) is 4.79 Å². The third-order valence-corrected chi connectivity index (χ3v) is 5.24. The lowest BCUT2D eigenvalue weighted by molar-refractivity contribution is -0.122. The number of hydrogen-bond donors (Lipinski definition) is 1. The van der Waals surface area contributed by atoms with Crippen molar-refractivity contribution in [3.8, 4) is 11.5 Å². The largest absolute Gasteiger partial charge is 0.463 e. The first-order chi connectivity index (χ1) is 14.6. The lowest BCUT2D eigenvalue weighted by Crippen LogP contribution is -2.40. The summed E-state index contributed by atoms with van der Waals surface area (Å²) < 4.78 is 10.8. The van der Waals surface area contributed by atoms with Gasteiger partial charge in [0.05, 0.1) is 29.5 Å². The van der Waals surface area contributed by atoms with E-state index in [9.17, 15) is 9.59 Å². The van der Waals surface area contributed by atoms with Crippen LogP contribution in [0.2, 0.25) is 0 Å². The molecule has 4 rings (SSSR count). The number of amides is 2. The van der Waals surface area contributed by atoms with Gasteiger partial charge in [-0.25, -0.2) is 4.98 Å². The van der Waals surface area contributed by atoms with E-state index in [1.54, 1.807) is 31.4 Å². The lowest BCUT2D eigenvalue weighted by atomic mass is 10.1. The molecule has 30 heavy (non-hydrogen) atoms. The van der Waals surface area contributed by atoms with E-state index in [0.717, 1.165) is 13.0 Å². The van der Waals surface area contributed by atoms with Crippen molar-refractivity contribution in [3.05, 3.63) is 35.7 Å². The summed E-state index contributed by atoms with van der Waals surface area (Å²) >= 11 is 0. The predicted octanol–water partition coefficient (Wildman–Crippen LogP) is 2.08. The summed E-state index contributed by atoms with van der Waals surface area (Å²) in [4.78, 5) is 33.7. The van der Waals surface area contributed by atoms with Crippen LogP contribution in [-0.4, -0.2) is 71.0 Å². The molecule has 1 aliphatic rings. The molecule has 0 spiro atoms. The van der Waals surface area contributed by atoms with Crippen LogP contribution in [0.5, 0.6) is 0 Å². The van der Waals surface area contributed by atoms with Crippen LogP contribution in [0, 0.1) is 6.92 Å². The molecular weight excluding hydrogens is 386 g/mol. The number of furan rings is 1. The Balaban J connectivity index is 1.58. The van der Waals surface area contributed by atoms with Crippen molar-refractivity contribution < 1.29 is 18.5 Å². The Morgan fingerprint density at radius 2 is 2.10 bits per heavy atom. The number of fused-ring (bicyclic) bond motifs is 1. The number of nitrogens with one attached hydrogen (secondary N) is 1. The summed E-state index contributed by atoms with van der Waals surface area (Å²) in [5.41, 5.74) is 1.97. The first kappa shape index (κ1) is 20.1. The molecule has 3 aromatic heterocycles. The topological polar surface area (TPSA) is 105 Å². The van der Waals surface area contributed by atoms with Gasteiger partial charge in [0.15, 0.2) is 5.76 Å². The number of aromatic nitrogens is 2. The molecule has 1 aliphatic heterocycles. The van der Waals surface area contributed by atoms with Crippen LogP contribution in [0.3, 0.4) is 0 Å². The van der Waals surface area contributed by atoms with Gasteiger partial charge in [-0.1, -0.05) is 5.16 Å². The van der Waals surface area contributed by atoms with Crippen LogP contribution in [0.25, 0.3) is 22.6 Å². The van der Waals surface area contributed by atoms with Gasteiger partial charge in [-0.05, 0) is 38.5 Å². The molecule has 0 bridgehead atoms. The van der Waals surface area contributed by atoms with Crippen molar-refractivity contribution in [1.82, 2.24) is 25.3 Å². The molecule has 0 aromatic carbocycles. The SMILES string of the molecule is CCNC(=O)CN1CCCN(C(=O)c2cc(-c3ccco3)nc3onc(C)c23)CC1. The molecule has 0 saturated carbocycles. The van der Waals surface area contributed by atoms with Crippen molar-refractivity contribution in [2.24, 2.45) is 0 Å². The zero-order valence-corrected chi connectivity index (χ0v) is 17.2. The number of pyridine rings is 1. The summed E-state index contributed by atoms with van der Waals surface area (Å²) in [7, 11) is 0. The van der Waals surface area contributed by atoms with E-state index >= 15 is 0 Å². The number of carbonyl (C=O) groups excluding carboxylic acids is 2. The second-order valence-corrected chi connectivity index (χ2v) is 7.36. The molecule has 1 saturated heterocycles. The summed E-state index contributed by atoms with van der Waals surface area (Å²) in [5.74, 6) is 0.474. The fraction of sp³-hybridized carbons (Fsp3) is 0.429. The van der Waals surface area contributed by atoms with E-state index < -0.39 is 0 Å². The quantitative estimate of drug-likeness (QED) is 0.685. The summed E-state index contributed by atoms with van der Waals surface area (Å²) in [6, 6.07) is 5.30. The third kappa shape index (κ3) is 4.06. The van der Waals surface area contributed by atoms with Crippen molar-refractivity contribution >= 4 is 22.9 Å². The number of rotatable bonds is 5. The van der Waals surface area contributed by atoms with E-state index in [1.807, 2.05) is 11.8 Å². The second-order valence-electron chi connectivity index (χ2n) is 7.36. The number of carbonyl (C=O) groups is 2. The maximum absolute atomic E-state index is 13.5. The molecule has 0 unspecified atom stereocenters. The van der Waals surface area contributed by atoms with Gasteiger partial charge >= 0.3 is 0 Å². The number of aryl methyl sites for hydroxylation is 1. The maximum atomic E-state index is 13.5. The van der Waals surface area contributed by atoms with Crippen molar-refractivity contribution in [1.29, 1.82) is 0 Å². The molecule has 2 amide bonds. The molecule has 1 fully saturated rings. The molecule has 3 aromatic rings. The normalized spacial score (nSPS) is 15.3. The van der Waals surface area contributed by atoms with Crippen LogP contribution < -0.4 is 5.32 Å². The average Bonchev–Trinajstić information content (AvgIpc) is 3.34. The summed E-state index contributed by atoms with van der Waals surface area (Å²) in [5, 5.41) is 7.44. The van der Waals surface area contributed by atoms with Crippen LogP contribution >= 0.6 is 0 Å². The second kappa shape index (κ2) is 8.66. The Morgan fingerprint density at radius 1 is 1.23 bits per heavy atom. The van der Waals surface area contributed by atoms with Gasteiger partial charge in [0, 0.05) is 32.7 Å². The Morgan fingerprint density at radius 3 is 2.87 bits per heavy atom. The average molecular weight is 411 g/mol. The van der Waals surface area contributed by atoms with Crippen LogP contribution in [0.15, 0.2) is 33.4 Å². The smallest absolute Gasteiger partial charge is 0.259 e. The minimum absolute atomic E-state index is 0.0105. The fourth-order valence-electron chi connectivity index (χ4n) is 3.77. The number of nitrogens with zero attached hydrogens (tertiary/aromatic N) is 4. The van der Waals surface area contributed by atoms with Gasteiger partial charge < -0.3 is 19.2 Å². The highest BCUT2D eigenvalue weighted by molar-refractivity contribution is 6.06. The van der Waals surface area contributed by atoms with E-state index in [2.05, 4.69) is 20.4 Å². The van der Waals surface area contributed by atoms with Gasteiger partial charge in [-0.2, -0.15) is 0 Å². The molecular formula is C21H25N5O4. The minimum atomic E-state index is -0.0960. The zero-order valence-electron chi connectivity index (χ0n) is 17.2. The van der Waals surface area contributed by atoms with E-state index in [0.29, 0.717) is 66.5 Å². The fourth-order valence-corrected chi connectivity index (χ4v) is 3.77. The van der Waals surface area contributed by atoms with Gasteiger partial charge in [0.2, 0.25) is 5.91 Å².